The number of hydrogen-bond acceptors (Lipinski definition) is 6. The fraction of sp³-hybridized carbons (Fsp3) is 0.433. The van der Waals surface area contributed by atoms with Gasteiger partial charge in [0.25, 0.3) is 5.91 Å². The van der Waals surface area contributed by atoms with Crippen molar-refractivity contribution in [1.29, 1.82) is 5.26 Å². The minimum Gasteiger partial charge on any atom is -0.322 e. The maximum Gasteiger partial charge on any atom is 0.259 e. The Morgan fingerprint density at radius 2 is 2.13 bits per heavy atom. The molecule has 1 aromatic carbocycles. The van der Waals surface area contributed by atoms with Gasteiger partial charge in [-0.2, -0.15) is 5.26 Å². The number of nitriles is 1. The van der Waals surface area contributed by atoms with E-state index >= 15 is 0 Å². The Hall–Kier alpha value is -4.03. The summed E-state index contributed by atoms with van der Waals surface area (Å²) in [5.41, 5.74) is 3.68. The molecule has 0 radical (unpaired) electrons. The molecular formula is C30H34N8O. The number of rotatable bonds is 9. The predicted octanol–water partition coefficient (Wildman–Crippen LogP) is 4.60. The van der Waals surface area contributed by atoms with E-state index in [1.807, 2.05) is 52.7 Å². The molecule has 6 rings (SSSR count). The summed E-state index contributed by atoms with van der Waals surface area (Å²) in [6, 6.07) is 12.7. The van der Waals surface area contributed by atoms with E-state index in [0.29, 0.717) is 36.1 Å². The number of benzene rings is 1. The number of amides is 1. The Labute approximate surface area is 228 Å². The fourth-order valence-corrected chi connectivity index (χ4v) is 6.30. The number of aryl methyl sites for hydroxylation is 1. The molecule has 1 atom stereocenters. The van der Waals surface area contributed by atoms with Crippen molar-refractivity contribution in [2.75, 3.05) is 5.32 Å². The molecule has 0 bridgehead atoms. The van der Waals surface area contributed by atoms with Crippen LogP contribution in [0, 0.1) is 23.2 Å². The zero-order valence-electron chi connectivity index (χ0n) is 22.5. The summed E-state index contributed by atoms with van der Waals surface area (Å²) in [6.45, 7) is 2.95. The molecule has 0 aliphatic heterocycles. The van der Waals surface area contributed by atoms with Crippen molar-refractivity contribution >= 4 is 17.2 Å². The van der Waals surface area contributed by atoms with Gasteiger partial charge in [0, 0.05) is 50.3 Å². The van der Waals surface area contributed by atoms with E-state index in [-0.39, 0.29) is 11.3 Å². The van der Waals surface area contributed by atoms with E-state index in [2.05, 4.69) is 44.9 Å². The third kappa shape index (κ3) is 4.70. The molecule has 9 heteroatoms. The molecule has 3 heterocycles. The fourth-order valence-electron chi connectivity index (χ4n) is 6.30. The van der Waals surface area contributed by atoms with E-state index in [0.717, 1.165) is 41.4 Å². The Balaban J connectivity index is 1.25. The van der Waals surface area contributed by atoms with Gasteiger partial charge in [-0.05, 0) is 73.8 Å². The SMILES string of the molecule is C[C@H](NCc1cc(C(=O)Nc2cccc(C3(c4nncn4C)CC(CC#N)C3)c2)c2nccn2c1)C1CCC1. The van der Waals surface area contributed by atoms with E-state index < -0.39 is 0 Å². The van der Waals surface area contributed by atoms with Crippen molar-refractivity contribution in [3.8, 4) is 6.07 Å². The van der Waals surface area contributed by atoms with Gasteiger partial charge in [-0.15, -0.1) is 10.2 Å². The highest BCUT2D eigenvalue weighted by molar-refractivity contribution is 6.08. The zero-order valence-corrected chi connectivity index (χ0v) is 22.5. The second kappa shape index (κ2) is 10.3. The summed E-state index contributed by atoms with van der Waals surface area (Å²) < 4.78 is 3.87. The van der Waals surface area contributed by atoms with Gasteiger partial charge < -0.3 is 19.6 Å². The molecule has 2 fully saturated rings. The van der Waals surface area contributed by atoms with Crippen molar-refractivity contribution in [3.05, 3.63) is 77.8 Å². The van der Waals surface area contributed by atoms with E-state index in [1.165, 1.54) is 19.3 Å². The Kier molecular flexibility index (Phi) is 6.65. The topological polar surface area (TPSA) is 113 Å². The lowest BCUT2D eigenvalue weighted by atomic mass is 9.57. The molecule has 9 nitrogen and oxygen atoms in total. The minimum atomic E-state index is -0.327. The second-order valence-electron chi connectivity index (χ2n) is 11.3. The van der Waals surface area contributed by atoms with E-state index in [4.69, 9.17) is 0 Å². The molecule has 4 aromatic rings. The van der Waals surface area contributed by atoms with E-state index in [9.17, 15) is 10.1 Å². The van der Waals surface area contributed by atoms with Crippen molar-refractivity contribution in [3.63, 3.8) is 0 Å². The summed E-state index contributed by atoms with van der Waals surface area (Å²) in [4.78, 5) is 18.1. The summed E-state index contributed by atoms with van der Waals surface area (Å²) in [6.07, 6.45) is 13.4. The van der Waals surface area contributed by atoms with Gasteiger partial charge in [0.05, 0.1) is 17.0 Å². The number of imidazole rings is 1. The van der Waals surface area contributed by atoms with Gasteiger partial charge in [0.15, 0.2) is 0 Å². The molecule has 0 unspecified atom stereocenters. The molecule has 200 valence electrons. The predicted molar refractivity (Wildman–Crippen MR) is 148 cm³/mol. The van der Waals surface area contributed by atoms with Crippen LogP contribution in [0.4, 0.5) is 5.69 Å². The number of carbonyl (C=O) groups excluding carboxylic acids is 1. The van der Waals surface area contributed by atoms with Gasteiger partial charge in [0.2, 0.25) is 0 Å². The van der Waals surface area contributed by atoms with Crippen LogP contribution in [-0.2, 0) is 19.0 Å². The molecule has 2 aliphatic rings. The van der Waals surface area contributed by atoms with Crippen LogP contribution in [0.15, 0.2) is 55.2 Å². The van der Waals surface area contributed by atoms with Crippen LogP contribution in [0.2, 0.25) is 0 Å². The second-order valence-corrected chi connectivity index (χ2v) is 11.3. The molecular weight excluding hydrogens is 488 g/mol. The third-order valence-electron chi connectivity index (χ3n) is 8.74. The number of nitrogens with zero attached hydrogens (tertiary/aromatic N) is 6. The van der Waals surface area contributed by atoms with Crippen molar-refractivity contribution in [2.45, 2.75) is 63.5 Å². The van der Waals surface area contributed by atoms with Gasteiger partial charge in [-0.1, -0.05) is 18.6 Å². The number of anilines is 1. The highest BCUT2D eigenvalue weighted by Gasteiger charge is 2.49. The Bertz CT molecular complexity index is 1540. The number of aromatic nitrogens is 5. The summed E-state index contributed by atoms with van der Waals surface area (Å²) in [7, 11) is 1.95. The molecule has 0 saturated heterocycles. The van der Waals surface area contributed by atoms with Crippen LogP contribution in [0.3, 0.4) is 0 Å². The summed E-state index contributed by atoms with van der Waals surface area (Å²) in [5, 5.41) is 24.5. The molecule has 2 saturated carbocycles. The first-order chi connectivity index (χ1) is 19.0. The van der Waals surface area contributed by atoms with E-state index in [1.54, 1.807) is 12.5 Å². The van der Waals surface area contributed by atoms with Gasteiger partial charge in [-0.25, -0.2) is 4.98 Å². The molecule has 1 amide bonds. The van der Waals surface area contributed by atoms with Crippen molar-refractivity contribution in [1.82, 2.24) is 29.5 Å². The van der Waals surface area contributed by atoms with Crippen LogP contribution in [0.25, 0.3) is 5.65 Å². The Morgan fingerprint density at radius 1 is 1.28 bits per heavy atom. The van der Waals surface area contributed by atoms with Crippen LogP contribution in [-0.4, -0.2) is 36.1 Å². The molecule has 0 spiro atoms. The Morgan fingerprint density at radius 3 is 2.85 bits per heavy atom. The lowest BCUT2D eigenvalue weighted by Gasteiger charge is -2.46. The standard InChI is InChI=1S/C30H34N8O/c1-20(23-5-3-6-23)33-17-22-13-26(27-32-11-12-38(27)18-22)28(39)35-25-8-4-7-24(14-25)30(15-21(16-30)9-10-31)29-36-34-19-37(29)2/h4,7-8,11-14,18-21,23,33H,3,5-6,9,15-17H2,1-2H3,(H,35,39)/t20-,21?,30?/m0/s1. The number of hydrogen-bond donors (Lipinski definition) is 2. The quantitative estimate of drug-likeness (QED) is 0.332. The third-order valence-corrected chi connectivity index (χ3v) is 8.74. The maximum absolute atomic E-state index is 13.6. The smallest absolute Gasteiger partial charge is 0.259 e. The van der Waals surface area contributed by atoms with Crippen LogP contribution < -0.4 is 10.6 Å². The lowest BCUT2D eigenvalue weighted by molar-refractivity contribution is 0.102. The van der Waals surface area contributed by atoms with Crippen LogP contribution in [0.1, 0.15) is 72.8 Å². The lowest BCUT2D eigenvalue weighted by Crippen LogP contribution is -2.44. The average molecular weight is 523 g/mol. The first kappa shape index (κ1) is 25.3. The van der Waals surface area contributed by atoms with Gasteiger partial charge in [0.1, 0.15) is 17.8 Å². The summed E-state index contributed by atoms with van der Waals surface area (Å²) in [5.74, 6) is 1.76. The van der Waals surface area contributed by atoms with Gasteiger partial charge in [-0.3, -0.25) is 4.79 Å². The summed E-state index contributed by atoms with van der Waals surface area (Å²) >= 11 is 0. The molecule has 3 aromatic heterocycles. The molecule has 2 aliphatic carbocycles. The van der Waals surface area contributed by atoms with Crippen LogP contribution in [0.5, 0.6) is 0 Å². The zero-order chi connectivity index (χ0) is 27.0. The number of carbonyl (C=O) groups is 1. The highest BCUT2D eigenvalue weighted by Crippen LogP contribution is 2.53. The normalized spacial score (nSPS) is 21.6. The molecule has 2 N–H and O–H groups in total. The highest BCUT2D eigenvalue weighted by atomic mass is 16.1. The van der Waals surface area contributed by atoms with Crippen molar-refractivity contribution in [2.24, 2.45) is 18.9 Å². The first-order valence-electron chi connectivity index (χ1n) is 13.8. The average Bonchev–Trinajstić information content (AvgIpc) is 3.52. The van der Waals surface area contributed by atoms with Crippen LogP contribution >= 0.6 is 0 Å². The monoisotopic (exact) mass is 522 g/mol. The molecule has 39 heavy (non-hydrogen) atoms. The largest absolute Gasteiger partial charge is 0.322 e. The van der Waals surface area contributed by atoms with Crippen molar-refractivity contribution < 1.29 is 4.79 Å². The first-order valence-corrected chi connectivity index (χ1v) is 13.8. The maximum atomic E-state index is 13.6. The number of nitrogens with one attached hydrogen (secondary N) is 2. The number of fused-ring (bicyclic) bond motifs is 1. The van der Waals surface area contributed by atoms with Gasteiger partial charge >= 0.3 is 0 Å². The number of pyridine rings is 1. The minimum absolute atomic E-state index is 0.194.